The quantitative estimate of drug-likeness (QED) is 0.249. The molecule has 0 aliphatic carbocycles. The summed E-state index contributed by atoms with van der Waals surface area (Å²) in [5.41, 5.74) is 0.333. The van der Waals surface area contributed by atoms with Gasteiger partial charge in [0.1, 0.15) is 17.3 Å². The molecule has 1 amide bonds. The molecule has 0 aliphatic rings. The van der Waals surface area contributed by atoms with Crippen LogP contribution in [-0.2, 0) is 4.79 Å². The smallest absolute Gasteiger partial charge is 0.392 e. The van der Waals surface area contributed by atoms with Crippen molar-refractivity contribution in [2.45, 2.75) is 12.6 Å². The molecular weight excluding hydrogens is 433 g/mol. The first-order valence-electron chi connectivity index (χ1n) is 8.46. The first kappa shape index (κ1) is 23.4. The fraction of sp³-hybridized carbons (Fsp3) is 0.100. The molecule has 1 aromatic carbocycles. The highest BCUT2D eigenvalue weighted by molar-refractivity contribution is 7.14. The number of aliphatic imine (C=N–C) groups is 1. The lowest BCUT2D eigenvalue weighted by Crippen LogP contribution is -2.13. The van der Waals surface area contributed by atoms with Crippen molar-refractivity contribution in [3.63, 3.8) is 0 Å². The molecule has 3 N–H and O–H groups in total. The normalized spacial score (nSPS) is 12.6. The van der Waals surface area contributed by atoms with Crippen molar-refractivity contribution in [2.24, 2.45) is 4.99 Å². The van der Waals surface area contributed by atoms with Crippen LogP contribution in [0, 0.1) is 11.3 Å². The highest BCUT2D eigenvalue weighted by atomic mass is 32.1. The molecule has 1 aromatic heterocycles. The van der Waals surface area contributed by atoms with Crippen LogP contribution in [0.25, 0.3) is 6.08 Å². The first-order valence-corrected chi connectivity index (χ1v) is 9.34. The summed E-state index contributed by atoms with van der Waals surface area (Å²) < 4.78 is 37.0. The SMILES string of the molecule is C=CN=C(/C=C\CC(F)(F)F)c1csc(NC(=O)/C(C#N)=C/c2ccc(O)c(O)c2)n1. The number of nitriles is 1. The second-order valence-corrected chi connectivity index (χ2v) is 6.69. The number of alkyl halides is 3. The van der Waals surface area contributed by atoms with Gasteiger partial charge < -0.3 is 10.2 Å². The number of allylic oxidation sites excluding steroid dienone is 2. The van der Waals surface area contributed by atoms with Gasteiger partial charge in [-0.15, -0.1) is 11.3 Å². The number of thiazole rings is 1. The Bertz CT molecular complexity index is 1110. The zero-order valence-corrected chi connectivity index (χ0v) is 16.5. The van der Waals surface area contributed by atoms with Crippen molar-refractivity contribution < 1.29 is 28.2 Å². The van der Waals surface area contributed by atoms with E-state index in [4.69, 9.17) is 0 Å². The van der Waals surface area contributed by atoms with Crippen molar-refractivity contribution in [3.05, 3.63) is 65.3 Å². The van der Waals surface area contributed by atoms with Gasteiger partial charge in [0, 0.05) is 11.6 Å². The molecule has 160 valence electrons. The number of benzene rings is 1. The van der Waals surface area contributed by atoms with Crippen LogP contribution >= 0.6 is 11.3 Å². The summed E-state index contributed by atoms with van der Waals surface area (Å²) in [6, 6.07) is 5.49. The average molecular weight is 448 g/mol. The van der Waals surface area contributed by atoms with Crippen LogP contribution in [0.15, 0.2) is 59.1 Å². The molecule has 1 heterocycles. The van der Waals surface area contributed by atoms with Crippen LogP contribution in [0.3, 0.4) is 0 Å². The zero-order valence-electron chi connectivity index (χ0n) is 15.7. The van der Waals surface area contributed by atoms with Gasteiger partial charge in [0.2, 0.25) is 0 Å². The van der Waals surface area contributed by atoms with Crippen LogP contribution in [-0.4, -0.2) is 33.0 Å². The summed E-state index contributed by atoms with van der Waals surface area (Å²) in [6.45, 7) is 3.41. The summed E-state index contributed by atoms with van der Waals surface area (Å²) in [5, 5.41) is 32.1. The maximum atomic E-state index is 12.4. The number of nitrogens with zero attached hydrogens (tertiary/aromatic N) is 3. The Morgan fingerprint density at radius 3 is 2.71 bits per heavy atom. The molecular formula is C20H15F3N4O3S. The van der Waals surface area contributed by atoms with Gasteiger partial charge in [-0.05, 0) is 29.8 Å². The Labute approximate surface area is 178 Å². The number of phenolic OH excluding ortho intramolecular Hbond substituents is 2. The van der Waals surface area contributed by atoms with Crippen molar-refractivity contribution >= 4 is 34.2 Å². The lowest BCUT2D eigenvalue weighted by atomic mass is 10.1. The molecule has 2 aromatic rings. The molecule has 11 heteroatoms. The van der Waals surface area contributed by atoms with Gasteiger partial charge in [0.25, 0.3) is 5.91 Å². The summed E-state index contributed by atoms with van der Waals surface area (Å²) >= 11 is 0.986. The van der Waals surface area contributed by atoms with E-state index in [1.165, 1.54) is 29.7 Å². The fourth-order valence-corrected chi connectivity index (χ4v) is 2.86. The highest BCUT2D eigenvalue weighted by Crippen LogP contribution is 2.26. The Balaban J connectivity index is 2.17. The molecule has 0 unspecified atom stereocenters. The largest absolute Gasteiger partial charge is 0.504 e. The van der Waals surface area contributed by atoms with Crippen LogP contribution in [0.4, 0.5) is 18.3 Å². The molecule has 0 atom stereocenters. The molecule has 0 fully saturated rings. The summed E-state index contributed by atoms with van der Waals surface area (Å²) in [6.07, 6.45) is -1.11. The number of hydrogen-bond donors (Lipinski definition) is 3. The number of nitrogens with one attached hydrogen (secondary N) is 1. The molecule has 0 saturated heterocycles. The van der Waals surface area contributed by atoms with Gasteiger partial charge in [-0.1, -0.05) is 18.7 Å². The third-order valence-electron chi connectivity index (χ3n) is 3.52. The van der Waals surface area contributed by atoms with Crippen molar-refractivity contribution in [3.8, 4) is 17.6 Å². The van der Waals surface area contributed by atoms with E-state index in [0.717, 1.165) is 29.7 Å². The Kier molecular flexibility index (Phi) is 7.70. The number of hydrogen-bond acceptors (Lipinski definition) is 7. The van der Waals surface area contributed by atoms with Gasteiger partial charge >= 0.3 is 6.18 Å². The lowest BCUT2D eigenvalue weighted by Gasteiger charge is -2.02. The third-order valence-corrected chi connectivity index (χ3v) is 4.28. The monoisotopic (exact) mass is 448 g/mol. The number of carbonyl (C=O) groups is 1. The highest BCUT2D eigenvalue weighted by Gasteiger charge is 2.24. The van der Waals surface area contributed by atoms with E-state index in [-0.39, 0.29) is 27.9 Å². The molecule has 7 nitrogen and oxygen atoms in total. The second-order valence-electron chi connectivity index (χ2n) is 5.83. The van der Waals surface area contributed by atoms with E-state index >= 15 is 0 Å². The van der Waals surface area contributed by atoms with E-state index in [0.29, 0.717) is 5.56 Å². The van der Waals surface area contributed by atoms with Crippen molar-refractivity contribution in [1.29, 1.82) is 5.26 Å². The number of amides is 1. The van der Waals surface area contributed by atoms with Gasteiger partial charge in [-0.2, -0.15) is 18.4 Å². The Hall–Kier alpha value is -3.91. The maximum absolute atomic E-state index is 12.4. The number of phenols is 2. The molecule has 2 rings (SSSR count). The van der Waals surface area contributed by atoms with Crippen LogP contribution < -0.4 is 5.32 Å². The minimum atomic E-state index is -4.36. The zero-order chi connectivity index (χ0) is 23.0. The minimum Gasteiger partial charge on any atom is -0.504 e. The van der Waals surface area contributed by atoms with Crippen molar-refractivity contribution in [2.75, 3.05) is 5.32 Å². The average Bonchev–Trinajstić information content (AvgIpc) is 3.15. The predicted molar refractivity (Wildman–Crippen MR) is 111 cm³/mol. The standard InChI is InChI=1S/C20H15F3N4O3S/c1-2-25-14(4-3-7-20(21,22)23)15-11-31-19(26-15)27-18(30)13(10-24)8-12-5-6-16(28)17(29)9-12/h2-6,8-9,11,28-29H,1,7H2,(H,26,27,30)/b4-3-,13-8+,25-14?. The van der Waals surface area contributed by atoms with E-state index < -0.39 is 24.3 Å². The molecule has 0 spiro atoms. The predicted octanol–water partition coefficient (Wildman–Crippen LogP) is 4.54. The molecule has 31 heavy (non-hydrogen) atoms. The van der Waals surface area contributed by atoms with Crippen LogP contribution in [0.5, 0.6) is 11.5 Å². The molecule has 0 aliphatic heterocycles. The van der Waals surface area contributed by atoms with E-state index in [9.17, 15) is 33.4 Å². The summed E-state index contributed by atoms with van der Waals surface area (Å²) in [4.78, 5) is 20.3. The number of halogens is 3. The van der Waals surface area contributed by atoms with Crippen molar-refractivity contribution in [1.82, 2.24) is 4.98 Å². The van der Waals surface area contributed by atoms with Gasteiger partial charge in [0.05, 0.1) is 12.1 Å². The van der Waals surface area contributed by atoms with E-state index in [1.54, 1.807) is 6.07 Å². The maximum Gasteiger partial charge on any atom is 0.392 e. The molecule has 0 saturated carbocycles. The second kappa shape index (κ2) is 10.2. The number of aromatic nitrogens is 1. The van der Waals surface area contributed by atoms with Crippen LogP contribution in [0.1, 0.15) is 17.7 Å². The minimum absolute atomic E-state index is 0.0932. The number of rotatable bonds is 7. The van der Waals surface area contributed by atoms with Crippen LogP contribution in [0.2, 0.25) is 0 Å². The van der Waals surface area contributed by atoms with E-state index in [1.807, 2.05) is 0 Å². The fourth-order valence-electron chi connectivity index (χ4n) is 2.16. The Morgan fingerprint density at radius 2 is 2.10 bits per heavy atom. The topological polar surface area (TPSA) is 119 Å². The summed E-state index contributed by atoms with van der Waals surface area (Å²) in [7, 11) is 0. The van der Waals surface area contributed by atoms with Gasteiger partial charge in [-0.25, -0.2) is 4.98 Å². The lowest BCUT2D eigenvalue weighted by molar-refractivity contribution is -0.125. The Morgan fingerprint density at radius 1 is 1.35 bits per heavy atom. The number of aromatic hydroxyl groups is 2. The van der Waals surface area contributed by atoms with Gasteiger partial charge in [0.15, 0.2) is 16.6 Å². The molecule has 0 radical (unpaired) electrons. The third kappa shape index (κ3) is 7.13. The van der Waals surface area contributed by atoms with E-state index in [2.05, 4.69) is 21.9 Å². The number of carbonyl (C=O) groups excluding carboxylic acids is 1. The number of anilines is 1. The molecule has 0 bridgehead atoms. The summed E-state index contributed by atoms with van der Waals surface area (Å²) in [5.74, 6) is -1.55. The van der Waals surface area contributed by atoms with Gasteiger partial charge in [-0.3, -0.25) is 15.1 Å². The first-order chi connectivity index (χ1) is 14.6.